The number of anilines is 1. The Labute approximate surface area is 156 Å². The fourth-order valence-electron chi connectivity index (χ4n) is 3.33. The van der Waals surface area contributed by atoms with Gasteiger partial charge in [-0.2, -0.15) is 0 Å². The van der Waals surface area contributed by atoms with Crippen LogP contribution < -0.4 is 20.3 Å². The Bertz CT molecular complexity index is 742. The first-order chi connectivity index (χ1) is 12.7. The van der Waals surface area contributed by atoms with Gasteiger partial charge in [-0.25, -0.2) is 0 Å². The van der Waals surface area contributed by atoms with Gasteiger partial charge in [0.05, 0.1) is 7.11 Å². The SMILES string of the molecule is CN=C(NCc1ccc(OC)cc1)NCC(C)N1CCc2ccccc21. The van der Waals surface area contributed by atoms with Crippen molar-refractivity contribution in [2.75, 3.05) is 32.1 Å². The van der Waals surface area contributed by atoms with Gasteiger partial charge in [0.2, 0.25) is 0 Å². The Morgan fingerprint density at radius 2 is 1.92 bits per heavy atom. The minimum Gasteiger partial charge on any atom is -0.497 e. The maximum atomic E-state index is 5.19. The second-order valence-corrected chi connectivity index (χ2v) is 6.58. The average Bonchev–Trinajstić information content (AvgIpc) is 3.12. The number of methoxy groups -OCH3 is 1. The van der Waals surface area contributed by atoms with Crippen molar-refractivity contribution < 1.29 is 4.74 Å². The maximum Gasteiger partial charge on any atom is 0.191 e. The minimum atomic E-state index is 0.401. The van der Waals surface area contributed by atoms with Crippen LogP contribution in [-0.4, -0.2) is 39.2 Å². The van der Waals surface area contributed by atoms with E-state index in [-0.39, 0.29) is 0 Å². The number of nitrogens with one attached hydrogen (secondary N) is 2. The van der Waals surface area contributed by atoms with Crippen molar-refractivity contribution in [3.8, 4) is 5.75 Å². The topological polar surface area (TPSA) is 48.9 Å². The monoisotopic (exact) mass is 352 g/mol. The molecule has 1 aliphatic rings. The summed E-state index contributed by atoms with van der Waals surface area (Å²) < 4.78 is 5.19. The number of aliphatic imine (C=N–C) groups is 1. The molecule has 26 heavy (non-hydrogen) atoms. The molecule has 5 heteroatoms. The third kappa shape index (κ3) is 4.28. The number of hydrogen-bond acceptors (Lipinski definition) is 3. The maximum absolute atomic E-state index is 5.19. The van der Waals surface area contributed by atoms with Crippen LogP contribution in [0.1, 0.15) is 18.1 Å². The summed E-state index contributed by atoms with van der Waals surface area (Å²) in [4.78, 5) is 6.80. The van der Waals surface area contributed by atoms with Crippen molar-refractivity contribution >= 4 is 11.6 Å². The number of guanidine groups is 1. The van der Waals surface area contributed by atoms with Crippen LogP contribution in [0.4, 0.5) is 5.69 Å². The molecule has 0 aromatic heterocycles. The van der Waals surface area contributed by atoms with Crippen LogP contribution in [0.2, 0.25) is 0 Å². The first-order valence-electron chi connectivity index (χ1n) is 9.13. The standard InChI is InChI=1S/C21H28N4O/c1-16(25-13-12-18-6-4-5-7-20(18)25)14-23-21(22-2)24-15-17-8-10-19(26-3)11-9-17/h4-11,16H,12-15H2,1-3H3,(H2,22,23,24). The molecule has 3 rings (SSSR count). The number of fused-ring (bicyclic) bond motifs is 1. The molecule has 0 spiro atoms. The van der Waals surface area contributed by atoms with E-state index in [1.807, 2.05) is 12.1 Å². The highest BCUT2D eigenvalue weighted by Crippen LogP contribution is 2.28. The van der Waals surface area contributed by atoms with E-state index in [1.54, 1.807) is 14.2 Å². The van der Waals surface area contributed by atoms with Crippen LogP contribution in [0.3, 0.4) is 0 Å². The van der Waals surface area contributed by atoms with Crippen molar-refractivity contribution in [1.82, 2.24) is 10.6 Å². The highest BCUT2D eigenvalue weighted by molar-refractivity contribution is 5.79. The van der Waals surface area contributed by atoms with Crippen molar-refractivity contribution in [3.63, 3.8) is 0 Å². The molecule has 0 amide bonds. The normalized spacial score (nSPS) is 14.7. The molecule has 2 N–H and O–H groups in total. The number of ether oxygens (including phenoxy) is 1. The molecule has 1 heterocycles. The van der Waals surface area contributed by atoms with Crippen LogP contribution in [0.25, 0.3) is 0 Å². The molecule has 2 aromatic rings. The summed E-state index contributed by atoms with van der Waals surface area (Å²) in [6.07, 6.45) is 1.13. The highest BCUT2D eigenvalue weighted by Gasteiger charge is 2.22. The molecule has 1 unspecified atom stereocenters. The summed E-state index contributed by atoms with van der Waals surface area (Å²) in [5.74, 6) is 1.69. The largest absolute Gasteiger partial charge is 0.497 e. The Morgan fingerprint density at radius 1 is 1.15 bits per heavy atom. The minimum absolute atomic E-state index is 0.401. The van der Waals surface area contributed by atoms with E-state index in [4.69, 9.17) is 4.74 Å². The number of hydrogen-bond donors (Lipinski definition) is 2. The van der Waals surface area contributed by atoms with Gasteiger partial charge in [0.1, 0.15) is 5.75 Å². The summed E-state index contributed by atoms with van der Waals surface area (Å²) in [6, 6.07) is 17.1. The molecule has 0 bridgehead atoms. The van der Waals surface area contributed by atoms with E-state index < -0.39 is 0 Å². The smallest absolute Gasteiger partial charge is 0.191 e. The Hall–Kier alpha value is -2.69. The summed E-state index contributed by atoms with van der Waals surface area (Å²) in [5, 5.41) is 6.81. The van der Waals surface area contributed by atoms with E-state index in [2.05, 4.69) is 63.8 Å². The third-order valence-electron chi connectivity index (χ3n) is 4.86. The predicted octanol–water partition coefficient (Wildman–Crippen LogP) is 2.81. The molecule has 2 aromatic carbocycles. The average molecular weight is 352 g/mol. The summed E-state index contributed by atoms with van der Waals surface area (Å²) in [5.41, 5.74) is 4.00. The summed E-state index contributed by atoms with van der Waals surface area (Å²) in [7, 11) is 3.48. The number of nitrogens with zero attached hydrogens (tertiary/aromatic N) is 2. The lowest BCUT2D eigenvalue weighted by Crippen LogP contribution is -2.45. The molecule has 1 atom stereocenters. The van der Waals surface area contributed by atoms with Gasteiger partial charge in [0.25, 0.3) is 0 Å². The van der Waals surface area contributed by atoms with E-state index in [9.17, 15) is 0 Å². The summed E-state index contributed by atoms with van der Waals surface area (Å²) in [6.45, 7) is 4.91. The van der Waals surface area contributed by atoms with Gasteiger partial charge in [-0.1, -0.05) is 30.3 Å². The quantitative estimate of drug-likeness (QED) is 0.620. The van der Waals surface area contributed by atoms with Crippen LogP contribution in [0.5, 0.6) is 5.75 Å². The van der Waals surface area contributed by atoms with Gasteiger partial charge < -0.3 is 20.3 Å². The van der Waals surface area contributed by atoms with Crippen LogP contribution in [-0.2, 0) is 13.0 Å². The van der Waals surface area contributed by atoms with Gasteiger partial charge in [-0.3, -0.25) is 4.99 Å². The van der Waals surface area contributed by atoms with E-state index in [1.165, 1.54) is 16.8 Å². The molecule has 0 saturated heterocycles. The fourth-order valence-corrected chi connectivity index (χ4v) is 3.33. The third-order valence-corrected chi connectivity index (χ3v) is 4.86. The molecule has 138 valence electrons. The van der Waals surface area contributed by atoms with Crippen LogP contribution in [0, 0.1) is 0 Å². The Morgan fingerprint density at radius 3 is 2.65 bits per heavy atom. The number of benzene rings is 2. The van der Waals surface area contributed by atoms with Crippen molar-refractivity contribution in [1.29, 1.82) is 0 Å². The molecule has 0 radical (unpaired) electrons. The zero-order valence-corrected chi connectivity index (χ0v) is 15.8. The van der Waals surface area contributed by atoms with E-state index in [0.717, 1.165) is 37.8 Å². The Balaban J connectivity index is 1.49. The summed E-state index contributed by atoms with van der Waals surface area (Å²) >= 11 is 0. The Kier molecular flexibility index (Phi) is 6.00. The lowest BCUT2D eigenvalue weighted by molar-refractivity contribution is 0.414. The van der Waals surface area contributed by atoms with Gasteiger partial charge >= 0.3 is 0 Å². The molecule has 0 fully saturated rings. The molecule has 0 aliphatic carbocycles. The van der Waals surface area contributed by atoms with E-state index >= 15 is 0 Å². The van der Waals surface area contributed by atoms with Crippen molar-refractivity contribution in [2.45, 2.75) is 25.9 Å². The number of para-hydroxylation sites is 1. The van der Waals surface area contributed by atoms with Crippen LogP contribution in [0.15, 0.2) is 53.5 Å². The van der Waals surface area contributed by atoms with Gasteiger partial charge in [-0.05, 0) is 42.7 Å². The van der Waals surface area contributed by atoms with Crippen LogP contribution >= 0.6 is 0 Å². The molecular weight excluding hydrogens is 324 g/mol. The second kappa shape index (κ2) is 8.61. The lowest BCUT2D eigenvalue weighted by atomic mass is 10.2. The van der Waals surface area contributed by atoms with Crippen molar-refractivity contribution in [3.05, 3.63) is 59.7 Å². The van der Waals surface area contributed by atoms with Crippen molar-refractivity contribution in [2.24, 2.45) is 4.99 Å². The fraction of sp³-hybridized carbons (Fsp3) is 0.381. The second-order valence-electron chi connectivity index (χ2n) is 6.58. The zero-order chi connectivity index (χ0) is 18.4. The number of rotatable bonds is 6. The highest BCUT2D eigenvalue weighted by atomic mass is 16.5. The first-order valence-corrected chi connectivity index (χ1v) is 9.13. The van der Waals surface area contributed by atoms with Gasteiger partial charge in [0, 0.05) is 38.4 Å². The first kappa shape index (κ1) is 18.1. The lowest BCUT2D eigenvalue weighted by Gasteiger charge is -2.28. The zero-order valence-electron chi connectivity index (χ0n) is 15.8. The van der Waals surface area contributed by atoms with E-state index in [0.29, 0.717) is 6.04 Å². The predicted molar refractivity (Wildman–Crippen MR) is 108 cm³/mol. The molecule has 1 aliphatic heterocycles. The van der Waals surface area contributed by atoms with Gasteiger partial charge in [0.15, 0.2) is 5.96 Å². The van der Waals surface area contributed by atoms with Gasteiger partial charge in [-0.15, -0.1) is 0 Å². The molecule has 5 nitrogen and oxygen atoms in total. The molecule has 0 saturated carbocycles. The molecular formula is C21H28N4O.